The molecule has 0 saturated heterocycles. The van der Waals surface area contributed by atoms with Crippen LogP contribution in [-0.2, 0) is 0 Å². The third-order valence-corrected chi connectivity index (χ3v) is 4.27. The maximum absolute atomic E-state index is 11.0. The van der Waals surface area contributed by atoms with Gasteiger partial charge >= 0.3 is 5.97 Å². The summed E-state index contributed by atoms with van der Waals surface area (Å²) >= 11 is 6.29. The first kappa shape index (κ1) is 17.8. The molecule has 0 amide bonds. The van der Waals surface area contributed by atoms with Gasteiger partial charge in [0, 0.05) is 18.1 Å². The summed E-state index contributed by atoms with van der Waals surface area (Å²) in [4.78, 5) is 15.2. The second-order valence-electron chi connectivity index (χ2n) is 5.64. The van der Waals surface area contributed by atoms with Crippen molar-refractivity contribution < 1.29 is 14.6 Å². The third kappa shape index (κ3) is 3.95. The Morgan fingerprint density at radius 3 is 2.50 bits per heavy atom. The smallest absolute Gasteiger partial charge is 0.335 e. The molecule has 1 heterocycles. The summed E-state index contributed by atoms with van der Waals surface area (Å²) in [6.45, 7) is 0. The molecule has 0 saturated carbocycles. The molecule has 0 fully saturated rings. The fourth-order valence-electron chi connectivity index (χ4n) is 2.64. The highest BCUT2D eigenvalue weighted by molar-refractivity contribution is 6.32. The Kier molecular flexibility index (Phi) is 5.39. The van der Waals surface area contributed by atoms with Crippen molar-refractivity contribution in [2.24, 2.45) is 0 Å². The van der Waals surface area contributed by atoms with Gasteiger partial charge in [-0.1, -0.05) is 23.7 Å². The number of carboxylic acid groups (broad SMARTS) is 1. The number of carbonyl (C=O) groups is 1. The zero-order chi connectivity index (χ0) is 18.5. The Morgan fingerprint density at radius 1 is 1.15 bits per heavy atom. The number of nitrogens with zero attached hydrogens (tertiary/aromatic N) is 1. The van der Waals surface area contributed by atoms with Crippen LogP contribution in [0.15, 0.2) is 67.0 Å². The molecular weight excluding hydrogens is 352 g/mol. The van der Waals surface area contributed by atoms with Gasteiger partial charge in [-0.05, 0) is 53.6 Å². The van der Waals surface area contributed by atoms with Crippen molar-refractivity contribution in [3.63, 3.8) is 0 Å². The van der Waals surface area contributed by atoms with E-state index in [1.54, 1.807) is 43.8 Å². The summed E-state index contributed by atoms with van der Waals surface area (Å²) in [7, 11) is 1.57. The number of pyridine rings is 1. The molecule has 2 aromatic carbocycles. The molecule has 3 rings (SSSR count). The van der Waals surface area contributed by atoms with Crippen LogP contribution in [-0.4, -0.2) is 23.2 Å². The van der Waals surface area contributed by atoms with E-state index in [-0.39, 0.29) is 11.6 Å². The molecule has 0 spiro atoms. The summed E-state index contributed by atoms with van der Waals surface area (Å²) in [6.07, 6.45) is 3.49. The van der Waals surface area contributed by atoms with Gasteiger partial charge in [-0.3, -0.25) is 4.98 Å². The number of aromatic carboxylic acids is 1. The molecule has 0 radical (unpaired) electrons. The van der Waals surface area contributed by atoms with Crippen LogP contribution in [0.5, 0.6) is 5.75 Å². The fourth-order valence-corrected chi connectivity index (χ4v) is 2.91. The van der Waals surface area contributed by atoms with Crippen LogP contribution in [0.2, 0.25) is 5.02 Å². The van der Waals surface area contributed by atoms with E-state index in [2.05, 4.69) is 10.3 Å². The average molecular weight is 369 g/mol. The van der Waals surface area contributed by atoms with Gasteiger partial charge in [0.2, 0.25) is 0 Å². The molecule has 1 unspecified atom stereocenters. The number of anilines is 1. The predicted molar refractivity (Wildman–Crippen MR) is 101 cm³/mol. The molecule has 6 heteroatoms. The number of methoxy groups -OCH3 is 1. The van der Waals surface area contributed by atoms with Crippen LogP contribution >= 0.6 is 11.6 Å². The number of aromatic nitrogens is 1. The molecule has 132 valence electrons. The minimum absolute atomic E-state index is 0.206. The average Bonchev–Trinajstić information content (AvgIpc) is 2.67. The van der Waals surface area contributed by atoms with E-state index in [4.69, 9.17) is 21.4 Å². The first-order chi connectivity index (χ1) is 12.6. The third-order valence-electron chi connectivity index (χ3n) is 3.97. The molecule has 1 atom stereocenters. The van der Waals surface area contributed by atoms with E-state index in [0.717, 1.165) is 16.8 Å². The van der Waals surface area contributed by atoms with Crippen LogP contribution in [0.3, 0.4) is 0 Å². The molecule has 0 aliphatic rings. The minimum atomic E-state index is -0.956. The van der Waals surface area contributed by atoms with Crippen LogP contribution < -0.4 is 10.1 Å². The first-order valence-electron chi connectivity index (χ1n) is 7.91. The van der Waals surface area contributed by atoms with E-state index < -0.39 is 5.97 Å². The summed E-state index contributed by atoms with van der Waals surface area (Å²) in [6, 6.07) is 15.8. The van der Waals surface area contributed by atoms with Crippen LogP contribution in [0, 0.1) is 0 Å². The summed E-state index contributed by atoms with van der Waals surface area (Å²) in [5.74, 6) is -0.353. The summed E-state index contributed by atoms with van der Waals surface area (Å²) < 4.78 is 5.22. The number of rotatable bonds is 6. The highest BCUT2D eigenvalue weighted by Crippen LogP contribution is 2.32. The SMILES string of the molecule is COc1ccc(C(Nc2ccc(C(=O)O)cc2)c2cccnc2)cc1Cl. The van der Waals surface area contributed by atoms with Gasteiger partial charge in [0.15, 0.2) is 0 Å². The Balaban J connectivity index is 1.96. The van der Waals surface area contributed by atoms with Gasteiger partial charge in [0.25, 0.3) is 0 Å². The zero-order valence-corrected chi connectivity index (χ0v) is 14.8. The van der Waals surface area contributed by atoms with Crippen molar-refractivity contribution >= 4 is 23.3 Å². The lowest BCUT2D eigenvalue weighted by Crippen LogP contribution is -2.13. The van der Waals surface area contributed by atoms with Crippen LogP contribution in [0.25, 0.3) is 0 Å². The van der Waals surface area contributed by atoms with Crippen molar-refractivity contribution in [1.82, 2.24) is 4.98 Å². The first-order valence-corrected chi connectivity index (χ1v) is 8.29. The quantitative estimate of drug-likeness (QED) is 0.663. The molecule has 2 N–H and O–H groups in total. The van der Waals surface area contributed by atoms with Crippen molar-refractivity contribution in [3.05, 3.63) is 88.7 Å². The van der Waals surface area contributed by atoms with E-state index in [1.165, 1.54) is 0 Å². The monoisotopic (exact) mass is 368 g/mol. The topological polar surface area (TPSA) is 71.5 Å². The number of halogens is 1. The van der Waals surface area contributed by atoms with E-state index in [0.29, 0.717) is 10.8 Å². The molecule has 3 aromatic rings. The van der Waals surface area contributed by atoms with Gasteiger partial charge in [-0.2, -0.15) is 0 Å². The number of hydrogen-bond acceptors (Lipinski definition) is 4. The largest absolute Gasteiger partial charge is 0.495 e. The van der Waals surface area contributed by atoms with Crippen LogP contribution in [0.1, 0.15) is 27.5 Å². The van der Waals surface area contributed by atoms with E-state index >= 15 is 0 Å². The summed E-state index contributed by atoms with van der Waals surface area (Å²) in [5, 5.41) is 13.0. The zero-order valence-electron chi connectivity index (χ0n) is 14.0. The molecule has 26 heavy (non-hydrogen) atoms. The van der Waals surface area contributed by atoms with Crippen molar-refractivity contribution in [1.29, 1.82) is 0 Å². The maximum atomic E-state index is 11.0. The van der Waals surface area contributed by atoms with Gasteiger partial charge in [-0.25, -0.2) is 4.79 Å². The van der Waals surface area contributed by atoms with Gasteiger partial charge < -0.3 is 15.2 Å². The van der Waals surface area contributed by atoms with Crippen LogP contribution in [0.4, 0.5) is 5.69 Å². The normalized spacial score (nSPS) is 11.6. The standard InChI is InChI=1S/C20H17ClN2O3/c1-26-18-9-6-14(11-17(18)21)19(15-3-2-10-22-12-15)23-16-7-4-13(5-8-16)20(24)25/h2-12,19,23H,1H3,(H,24,25). The Labute approximate surface area is 156 Å². The number of nitrogens with one attached hydrogen (secondary N) is 1. The second-order valence-corrected chi connectivity index (χ2v) is 6.05. The lowest BCUT2D eigenvalue weighted by molar-refractivity contribution is 0.0697. The van der Waals surface area contributed by atoms with Crippen molar-refractivity contribution in [3.8, 4) is 5.75 Å². The number of ether oxygens (including phenoxy) is 1. The predicted octanol–water partition coefficient (Wildman–Crippen LogP) is 4.64. The van der Waals surface area contributed by atoms with E-state index in [9.17, 15) is 4.79 Å². The Hall–Kier alpha value is -3.05. The lowest BCUT2D eigenvalue weighted by Gasteiger charge is -2.21. The van der Waals surface area contributed by atoms with Crippen molar-refractivity contribution in [2.75, 3.05) is 12.4 Å². The van der Waals surface area contributed by atoms with Crippen molar-refractivity contribution in [2.45, 2.75) is 6.04 Å². The van der Waals surface area contributed by atoms with Gasteiger partial charge in [0.05, 0.1) is 23.7 Å². The number of benzene rings is 2. The van der Waals surface area contributed by atoms with Gasteiger partial charge in [-0.15, -0.1) is 0 Å². The minimum Gasteiger partial charge on any atom is -0.495 e. The van der Waals surface area contributed by atoms with Gasteiger partial charge in [0.1, 0.15) is 5.75 Å². The molecular formula is C20H17ClN2O3. The molecule has 0 aliphatic heterocycles. The fraction of sp³-hybridized carbons (Fsp3) is 0.100. The Morgan fingerprint density at radius 2 is 1.92 bits per heavy atom. The maximum Gasteiger partial charge on any atom is 0.335 e. The molecule has 5 nitrogen and oxygen atoms in total. The second kappa shape index (κ2) is 7.89. The molecule has 0 bridgehead atoms. The lowest BCUT2D eigenvalue weighted by atomic mass is 9.99. The summed E-state index contributed by atoms with van der Waals surface area (Å²) in [5.41, 5.74) is 2.92. The Bertz CT molecular complexity index is 899. The number of hydrogen-bond donors (Lipinski definition) is 2. The highest BCUT2D eigenvalue weighted by atomic mass is 35.5. The molecule has 1 aromatic heterocycles. The number of carboxylic acids is 1. The highest BCUT2D eigenvalue weighted by Gasteiger charge is 2.16. The van der Waals surface area contributed by atoms with E-state index in [1.807, 2.05) is 30.3 Å². The molecule has 0 aliphatic carbocycles.